The minimum absolute atomic E-state index is 0.388. The summed E-state index contributed by atoms with van der Waals surface area (Å²) in [6.07, 6.45) is -0.792. The SMILES string of the molecule is Cc1nn(-c2ccccc2)c(C)c1C1Nc2ccccc2C(=O)N1[O-]. The van der Waals surface area contributed by atoms with Crippen molar-refractivity contribution in [1.82, 2.24) is 14.8 Å². The van der Waals surface area contributed by atoms with E-state index in [0.717, 1.165) is 16.9 Å². The second kappa shape index (κ2) is 5.75. The number of anilines is 1. The number of carbonyl (C=O) groups is 1. The molecule has 0 radical (unpaired) electrons. The predicted octanol–water partition coefficient (Wildman–Crippen LogP) is 3.55. The van der Waals surface area contributed by atoms with E-state index in [1.807, 2.05) is 50.2 Å². The van der Waals surface area contributed by atoms with Crippen molar-refractivity contribution in [3.63, 3.8) is 0 Å². The zero-order chi connectivity index (χ0) is 17.6. The van der Waals surface area contributed by atoms with Gasteiger partial charge < -0.3 is 15.6 Å². The Hall–Kier alpha value is -3.12. The lowest BCUT2D eigenvalue weighted by atomic mass is 10.0. The number of hydrogen-bond acceptors (Lipinski definition) is 4. The van der Waals surface area contributed by atoms with Crippen molar-refractivity contribution in [1.29, 1.82) is 0 Å². The number of nitrogens with zero attached hydrogens (tertiary/aromatic N) is 3. The van der Waals surface area contributed by atoms with Crippen LogP contribution in [0.25, 0.3) is 5.69 Å². The Morgan fingerprint density at radius 2 is 1.72 bits per heavy atom. The highest BCUT2D eigenvalue weighted by molar-refractivity contribution is 6.02. The fourth-order valence-corrected chi connectivity index (χ4v) is 3.30. The van der Waals surface area contributed by atoms with Crippen molar-refractivity contribution < 1.29 is 4.79 Å². The van der Waals surface area contributed by atoms with Crippen molar-refractivity contribution in [3.8, 4) is 5.69 Å². The summed E-state index contributed by atoms with van der Waals surface area (Å²) in [7, 11) is 0. The number of rotatable bonds is 2. The Bertz CT molecular complexity index is 949. The van der Waals surface area contributed by atoms with Crippen LogP contribution in [-0.4, -0.2) is 20.8 Å². The van der Waals surface area contributed by atoms with Crippen LogP contribution in [0.3, 0.4) is 0 Å². The molecule has 2 heterocycles. The third-order valence-electron chi connectivity index (χ3n) is 4.51. The number of aromatic nitrogens is 2. The number of nitrogens with one attached hydrogen (secondary N) is 1. The molecule has 1 atom stereocenters. The predicted molar refractivity (Wildman–Crippen MR) is 95.4 cm³/mol. The molecule has 0 fully saturated rings. The monoisotopic (exact) mass is 333 g/mol. The Balaban J connectivity index is 1.81. The summed E-state index contributed by atoms with van der Waals surface area (Å²) in [5.74, 6) is -0.536. The average molecular weight is 333 g/mol. The molecular formula is C19H17N4O2-. The van der Waals surface area contributed by atoms with Crippen LogP contribution in [0.15, 0.2) is 54.6 Å². The minimum atomic E-state index is -0.792. The van der Waals surface area contributed by atoms with Crippen molar-refractivity contribution in [2.45, 2.75) is 20.0 Å². The van der Waals surface area contributed by atoms with E-state index in [2.05, 4.69) is 10.4 Å². The molecular weight excluding hydrogens is 316 g/mol. The van der Waals surface area contributed by atoms with E-state index >= 15 is 0 Å². The Morgan fingerprint density at radius 1 is 1.04 bits per heavy atom. The second-order valence-corrected chi connectivity index (χ2v) is 6.06. The van der Waals surface area contributed by atoms with Crippen molar-refractivity contribution >= 4 is 11.6 Å². The van der Waals surface area contributed by atoms with Crippen LogP contribution in [0.4, 0.5) is 5.69 Å². The lowest BCUT2D eigenvalue weighted by Crippen LogP contribution is -2.39. The summed E-state index contributed by atoms with van der Waals surface area (Å²) in [5, 5.41) is 20.9. The average Bonchev–Trinajstić information content (AvgIpc) is 2.93. The maximum atomic E-state index is 12.6. The van der Waals surface area contributed by atoms with Crippen LogP contribution in [0.2, 0.25) is 0 Å². The summed E-state index contributed by atoms with van der Waals surface area (Å²) >= 11 is 0. The normalized spacial score (nSPS) is 16.5. The molecule has 4 rings (SSSR count). The summed E-state index contributed by atoms with van der Waals surface area (Å²) in [6.45, 7) is 3.76. The minimum Gasteiger partial charge on any atom is -0.754 e. The number of carbonyl (C=O) groups excluding carboxylic acids is 1. The lowest BCUT2D eigenvalue weighted by Gasteiger charge is -2.42. The summed E-state index contributed by atoms with van der Waals surface area (Å²) in [5.41, 5.74) is 4.23. The van der Waals surface area contributed by atoms with Gasteiger partial charge >= 0.3 is 0 Å². The molecule has 0 aliphatic carbocycles. The highest BCUT2D eigenvalue weighted by Gasteiger charge is 2.31. The molecule has 25 heavy (non-hydrogen) atoms. The molecule has 1 N–H and O–H groups in total. The first-order valence-electron chi connectivity index (χ1n) is 8.05. The van der Waals surface area contributed by atoms with Crippen LogP contribution >= 0.6 is 0 Å². The first-order valence-corrected chi connectivity index (χ1v) is 8.05. The van der Waals surface area contributed by atoms with Gasteiger partial charge in [-0.25, -0.2) is 4.68 Å². The molecule has 0 spiro atoms. The molecule has 0 saturated carbocycles. The first-order chi connectivity index (χ1) is 12.1. The van der Waals surface area contributed by atoms with Gasteiger partial charge in [-0.15, -0.1) is 0 Å². The first kappa shape index (κ1) is 15.4. The molecule has 3 aromatic rings. The summed E-state index contributed by atoms with van der Waals surface area (Å²) < 4.78 is 1.80. The highest BCUT2D eigenvalue weighted by Crippen LogP contribution is 2.35. The highest BCUT2D eigenvalue weighted by atomic mass is 16.5. The van der Waals surface area contributed by atoms with E-state index in [1.54, 1.807) is 22.9 Å². The van der Waals surface area contributed by atoms with Gasteiger partial charge in [0.2, 0.25) is 5.91 Å². The summed E-state index contributed by atoms with van der Waals surface area (Å²) in [4.78, 5) is 12.4. The Kier molecular flexibility index (Phi) is 3.54. The van der Waals surface area contributed by atoms with Crippen LogP contribution < -0.4 is 5.32 Å². The van der Waals surface area contributed by atoms with Gasteiger partial charge in [-0.3, -0.25) is 4.79 Å². The zero-order valence-corrected chi connectivity index (χ0v) is 13.9. The van der Waals surface area contributed by atoms with Crippen molar-refractivity contribution in [2.24, 2.45) is 0 Å². The van der Waals surface area contributed by atoms with Crippen molar-refractivity contribution in [3.05, 3.63) is 82.3 Å². The lowest BCUT2D eigenvalue weighted by molar-refractivity contribution is 0.0771. The third kappa shape index (κ3) is 2.38. The van der Waals surface area contributed by atoms with Gasteiger partial charge in [0.1, 0.15) is 6.17 Å². The maximum Gasteiger partial charge on any atom is 0.247 e. The Morgan fingerprint density at radius 3 is 2.48 bits per heavy atom. The summed E-state index contributed by atoms with van der Waals surface area (Å²) in [6, 6.07) is 16.8. The molecule has 126 valence electrons. The van der Waals surface area contributed by atoms with Crippen molar-refractivity contribution in [2.75, 3.05) is 5.32 Å². The van der Waals surface area contributed by atoms with Gasteiger partial charge in [0.15, 0.2) is 0 Å². The van der Waals surface area contributed by atoms with E-state index in [9.17, 15) is 10.0 Å². The van der Waals surface area contributed by atoms with Gasteiger partial charge in [-0.1, -0.05) is 30.3 Å². The molecule has 6 nitrogen and oxygen atoms in total. The Labute approximate surface area is 145 Å². The van der Waals surface area contributed by atoms with Gasteiger partial charge in [-0.2, -0.15) is 5.10 Å². The largest absolute Gasteiger partial charge is 0.754 e. The molecule has 6 heteroatoms. The number of hydrogen-bond donors (Lipinski definition) is 1. The number of aryl methyl sites for hydroxylation is 1. The van der Waals surface area contributed by atoms with Crippen LogP contribution in [0, 0.1) is 19.1 Å². The smallest absolute Gasteiger partial charge is 0.247 e. The third-order valence-corrected chi connectivity index (χ3v) is 4.51. The maximum absolute atomic E-state index is 12.6. The molecule has 0 saturated heterocycles. The fourth-order valence-electron chi connectivity index (χ4n) is 3.30. The topological polar surface area (TPSA) is 73.2 Å². The number of benzene rings is 2. The number of fused-ring (bicyclic) bond motifs is 1. The number of hydroxylamine groups is 2. The number of amides is 1. The van der Waals surface area contributed by atoms with Gasteiger partial charge in [0.25, 0.3) is 0 Å². The van der Waals surface area contributed by atoms with Crippen LogP contribution in [0.5, 0.6) is 0 Å². The van der Waals surface area contributed by atoms with Crippen LogP contribution in [0.1, 0.15) is 33.5 Å². The molecule has 2 aromatic carbocycles. The standard InChI is InChI=1S/C19H17N4O2/c1-12-17(13(2)22(21-12)14-8-4-3-5-9-14)18-20-16-11-7-6-10-15(16)19(24)23(18)25/h3-11,18,20H,1-2H3/q-1. The molecule has 1 unspecified atom stereocenters. The van der Waals surface area contributed by atoms with E-state index < -0.39 is 12.1 Å². The molecule has 1 aliphatic heterocycles. The molecule has 0 bridgehead atoms. The van der Waals surface area contributed by atoms with Crippen LogP contribution in [-0.2, 0) is 0 Å². The van der Waals surface area contributed by atoms with E-state index in [0.29, 0.717) is 22.0 Å². The molecule has 1 amide bonds. The van der Waals surface area contributed by atoms with Gasteiger partial charge in [0.05, 0.1) is 16.9 Å². The zero-order valence-electron chi connectivity index (χ0n) is 13.9. The van der Waals surface area contributed by atoms with E-state index in [1.165, 1.54) is 0 Å². The second-order valence-electron chi connectivity index (χ2n) is 6.06. The van der Waals surface area contributed by atoms with E-state index in [4.69, 9.17) is 0 Å². The quantitative estimate of drug-likeness (QED) is 0.778. The molecule has 1 aliphatic rings. The molecule has 1 aromatic heterocycles. The fraction of sp³-hybridized carbons (Fsp3) is 0.158. The number of para-hydroxylation sites is 2. The van der Waals surface area contributed by atoms with Gasteiger partial charge in [0, 0.05) is 16.9 Å². The van der Waals surface area contributed by atoms with E-state index in [-0.39, 0.29) is 0 Å². The van der Waals surface area contributed by atoms with Gasteiger partial charge in [-0.05, 0) is 38.1 Å².